The van der Waals surface area contributed by atoms with Gasteiger partial charge >= 0.3 is 0 Å². The molecule has 1 aliphatic rings. The van der Waals surface area contributed by atoms with Crippen LogP contribution in [0.1, 0.15) is 26.3 Å². The minimum Gasteiger partial charge on any atom is -0.497 e. The monoisotopic (exact) mass is 452 g/mol. The number of methoxy groups -OCH3 is 1. The average molecular weight is 453 g/mol. The van der Waals surface area contributed by atoms with Gasteiger partial charge in [-0.1, -0.05) is 51.1 Å². The SMILES string of the molecule is COc1ccc(N2C(=O)[C@H](OCc3ccccc3)[C@@H]2[C@@H](C#N)O[Si](C)(C)C(C)(C)C)cc1. The second kappa shape index (κ2) is 9.45. The molecular weight excluding hydrogens is 420 g/mol. The molecule has 0 aliphatic carbocycles. The highest BCUT2D eigenvalue weighted by Crippen LogP contribution is 2.40. The van der Waals surface area contributed by atoms with Gasteiger partial charge in [0.1, 0.15) is 11.8 Å². The molecule has 2 aromatic carbocycles. The Labute approximate surface area is 191 Å². The topological polar surface area (TPSA) is 71.8 Å². The lowest BCUT2D eigenvalue weighted by Crippen LogP contribution is -2.71. The molecule has 0 saturated carbocycles. The summed E-state index contributed by atoms with van der Waals surface area (Å²) in [5.74, 6) is 0.527. The van der Waals surface area contributed by atoms with Crippen molar-refractivity contribution in [2.75, 3.05) is 12.0 Å². The molecule has 1 fully saturated rings. The fourth-order valence-corrected chi connectivity index (χ4v) is 4.60. The van der Waals surface area contributed by atoms with Crippen LogP contribution in [0.3, 0.4) is 0 Å². The summed E-state index contributed by atoms with van der Waals surface area (Å²) in [4.78, 5) is 14.8. The Morgan fingerprint density at radius 3 is 2.25 bits per heavy atom. The maximum atomic E-state index is 13.1. The number of carbonyl (C=O) groups excluding carboxylic acids is 1. The first-order valence-electron chi connectivity index (χ1n) is 10.8. The summed E-state index contributed by atoms with van der Waals surface area (Å²) in [7, 11) is -0.658. The van der Waals surface area contributed by atoms with Crippen LogP contribution in [0.5, 0.6) is 5.75 Å². The highest BCUT2D eigenvalue weighted by atomic mass is 28.4. The third kappa shape index (κ3) is 4.88. The third-order valence-electron chi connectivity index (χ3n) is 6.38. The molecular formula is C25H32N2O4Si. The van der Waals surface area contributed by atoms with E-state index in [9.17, 15) is 10.1 Å². The van der Waals surface area contributed by atoms with Crippen LogP contribution in [0, 0.1) is 11.3 Å². The summed E-state index contributed by atoms with van der Waals surface area (Å²) in [6.45, 7) is 10.9. The Kier molecular flexibility index (Phi) is 7.08. The minimum atomic E-state index is -2.25. The summed E-state index contributed by atoms with van der Waals surface area (Å²) < 4.78 is 17.7. The first-order valence-corrected chi connectivity index (χ1v) is 13.7. The molecule has 0 unspecified atom stereocenters. The average Bonchev–Trinajstić information content (AvgIpc) is 2.76. The second-order valence-electron chi connectivity index (χ2n) is 9.54. The Morgan fingerprint density at radius 1 is 1.09 bits per heavy atom. The van der Waals surface area contributed by atoms with Gasteiger partial charge in [-0.3, -0.25) is 4.79 Å². The van der Waals surface area contributed by atoms with E-state index in [-0.39, 0.29) is 10.9 Å². The number of anilines is 1. The van der Waals surface area contributed by atoms with Crippen LogP contribution in [0.15, 0.2) is 54.6 Å². The zero-order valence-corrected chi connectivity index (χ0v) is 20.7. The van der Waals surface area contributed by atoms with Gasteiger partial charge in [-0.25, -0.2) is 0 Å². The quantitative estimate of drug-likeness (QED) is 0.420. The molecule has 32 heavy (non-hydrogen) atoms. The summed E-state index contributed by atoms with van der Waals surface area (Å²) in [6.07, 6.45) is -1.54. The van der Waals surface area contributed by atoms with Crippen molar-refractivity contribution in [2.24, 2.45) is 0 Å². The zero-order valence-electron chi connectivity index (χ0n) is 19.7. The number of hydrogen-bond donors (Lipinski definition) is 0. The Balaban J connectivity index is 1.88. The van der Waals surface area contributed by atoms with Crippen molar-refractivity contribution in [3.8, 4) is 11.8 Å². The lowest BCUT2D eigenvalue weighted by Gasteiger charge is -2.50. The molecule has 170 valence electrons. The van der Waals surface area contributed by atoms with E-state index in [0.717, 1.165) is 5.56 Å². The summed E-state index contributed by atoms with van der Waals surface area (Å²) in [5.41, 5.74) is 1.67. The number of benzene rings is 2. The Morgan fingerprint density at radius 2 is 1.72 bits per heavy atom. The lowest BCUT2D eigenvalue weighted by atomic mass is 9.92. The fraction of sp³-hybridized carbons (Fsp3) is 0.440. The van der Waals surface area contributed by atoms with Gasteiger partial charge in [0.15, 0.2) is 20.5 Å². The van der Waals surface area contributed by atoms with Crippen molar-refractivity contribution in [2.45, 2.75) is 63.8 Å². The number of carbonyl (C=O) groups is 1. The number of nitrogens with zero attached hydrogens (tertiary/aromatic N) is 2. The molecule has 3 atom stereocenters. The van der Waals surface area contributed by atoms with Gasteiger partial charge in [0, 0.05) is 5.69 Å². The second-order valence-corrected chi connectivity index (χ2v) is 14.3. The molecule has 0 radical (unpaired) electrons. The molecule has 1 heterocycles. The van der Waals surface area contributed by atoms with Crippen molar-refractivity contribution >= 4 is 19.9 Å². The van der Waals surface area contributed by atoms with E-state index in [4.69, 9.17) is 13.9 Å². The van der Waals surface area contributed by atoms with Crippen molar-refractivity contribution in [1.82, 2.24) is 0 Å². The largest absolute Gasteiger partial charge is 0.497 e. The minimum absolute atomic E-state index is 0.0683. The normalized spacial score (nSPS) is 19.8. The number of amides is 1. The van der Waals surface area contributed by atoms with Crippen LogP contribution >= 0.6 is 0 Å². The Hall–Kier alpha value is -2.66. The zero-order chi connectivity index (χ0) is 23.5. The van der Waals surface area contributed by atoms with Gasteiger partial charge in [0.2, 0.25) is 0 Å². The number of nitriles is 1. The molecule has 0 bridgehead atoms. The van der Waals surface area contributed by atoms with Crippen molar-refractivity contribution in [3.63, 3.8) is 0 Å². The van der Waals surface area contributed by atoms with Crippen LogP contribution in [0.25, 0.3) is 0 Å². The lowest BCUT2D eigenvalue weighted by molar-refractivity contribution is -0.146. The molecule has 0 aromatic heterocycles. The molecule has 1 saturated heterocycles. The number of rotatable bonds is 8. The molecule has 0 N–H and O–H groups in total. The van der Waals surface area contributed by atoms with Gasteiger partial charge in [-0.2, -0.15) is 5.26 Å². The highest BCUT2D eigenvalue weighted by molar-refractivity contribution is 6.74. The third-order valence-corrected chi connectivity index (χ3v) is 10.8. The van der Waals surface area contributed by atoms with Crippen molar-refractivity contribution < 1.29 is 18.7 Å². The molecule has 2 aromatic rings. The number of ether oxygens (including phenoxy) is 2. The van der Waals surface area contributed by atoms with E-state index in [1.54, 1.807) is 24.1 Å². The maximum absolute atomic E-state index is 13.1. The Bertz CT molecular complexity index is 964. The van der Waals surface area contributed by atoms with Crippen LogP contribution in [-0.4, -0.2) is 39.6 Å². The van der Waals surface area contributed by atoms with Gasteiger partial charge in [-0.15, -0.1) is 0 Å². The predicted molar refractivity (Wildman–Crippen MR) is 127 cm³/mol. The van der Waals surface area contributed by atoms with Gasteiger partial charge < -0.3 is 18.8 Å². The van der Waals surface area contributed by atoms with E-state index in [1.807, 2.05) is 42.5 Å². The first-order chi connectivity index (χ1) is 15.1. The van der Waals surface area contributed by atoms with E-state index in [0.29, 0.717) is 18.0 Å². The summed E-state index contributed by atoms with van der Waals surface area (Å²) in [6, 6.07) is 18.7. The van der Waals surface area contributed by atoms with Crippen molar-refractivity contribution in [3.05, 3.63) is 60.2 Å². The van der Waals surface area contributed by atoms with Crippen LogP contribution < -0.4 is 9.64 Å². The van der Waals surface area contributed by atoms with E-state index in [1.165, 1.54) is 0 Å². The predicted octanol–water partition coefficient (Wildman–Crippen LogP) is 4.91. The van der Waals surface area contributed by atoms with Gasteiger partial charge in [0.05, 0.1) is 19.8 Å². The standard InChI is InChI=1S/C25H32N2O4Si/c1-25(2,3)32(5,6)31-21(16-26)22-23(30-17-18-10-8-7-9-11-18)24(28)27(22)19-12-14-20(29-4)15-13-19/h7-15,21-23H,17H2,1-6H3/t21-,22+,23-/m1/s1. The van der Waals surface area contributed by atoms with Crippen LogP contribution in [0.2, 0.25) is 18.1 Å². The smallest absolute Gasteiger partial charge is 0.258 e. The molecule has 1 amide bonds. The number of hydrogen-bond acceptors (Lipinski definition) is 5. The molecule has 1 aliphatic heterocycles. The molecule has 0 spiro atoms. The molecule has 3 rings (SSSR count). The van der Waals surface area contributed by atoms with Crippen LogP contribution in [0.4, 0.5) is 5.69 Å². The fourth-order valence-electron chi connectivity index (χ4n) is 3.42. The summed E-state index contributed by atoms with van der Waals surface area (Å²) >= 11 is 0. The molecule has 7 heteroatoms. The van der Waals surface area contributed by atoms with Crippen LogP contribution in [-0.2, 0) is 20.6 Å². The first kappa shape index (κ1) is 24.0. The summed E-state index contributed by atoms with van der Waals surface area (Å²) in [5, 5.41) is 9.99. The van der Waals surface area contributed by atoms with Gasteiger partial charge in [0.25, 0.3) is 5.91 Å². The van der Waals surface area contributed by atoms with Crippen molar-refractivity contribution in [1.29, 1.82) is 5.26 Å². The maximum Gasteiger partial charge on any atom is 0.258 e. The highest BCUT2D eigenvalue weighted by Gasteiger charge is 2.55. The molecule has 6 nitrogen and oxygen atoms in total. The number of β-lactam (4-membered cyclic amide) rings is 1. The van der Waals surface area contributed by atoms with Gasteiger partial charge in [-0.05, 0) is 48.0 Å². The van der Waals surface area contributed by atoms with E-state index < -0.39 is 26.6 Å². The van der Waals surface area contributed by atoms with E-state index in [2.05, 4.69) is 39.9 Å². The van der Waals surface area contributed by atoms with E-state index >= 15 is 0 Å².